The highest BCUT2D eigenvalue weighted by atomic mass is 35.5. The lowest BCUT2D eigenvalue weighted by Crippen LogP contribution is -1.87. The Morgan fingerprint density at radius 1 is 1.11 bits per heavy atom. The zero-order valence-electron chi connectivity index (χ0n) is 9.80. The van der Waals surface area contributed by atoms with Crippen molar-refractivity contribution in [2.24, 2.45) is 4.40 Å². The Morgan fingerprint density at radius 3 is 2.61 bits per heavy atom. The van der Waals surface area contributed by atoms with Gasteiger partial charge in [-0.25, -0.2) is 4.40 Å². The summed E-state index contributed by atoms with van der Waals surface area (Å²) in [4.78, 5) is 2.45. The Labute approximate surface area is 114 Å². The Bertz CT molecular complexity index is 610. The fourth-order valence-corrected chi connectivity index (χ4v) is 3.87. The normalized spacial score (nSPS) is 18.7. The fraction of sp³-hybridized carbons (Fsp3) is 0.0714. The molecule has 1 aliphatic heterocycles. The van der Waals surface area contributed by atoms with Gasteiger partial charge in [0.2, 0.25) is 0 Å². The number of methoxy groups -OCH3 is 1. The van der Waals surface area contributed by atoms with Crippen molar-refractivity contribution in [2.75, 3.05) is 7.11 Å². The Morgan fingerprint density at radius 2 is 1.89 bits per heavy atom. The molecular formula is C14H12ClNOS. The first kappa shape index (κ1) is 11.6. The highest BCUT2D eigenvalue weighted by molar-refractivity contribution is 8.16. The van der Waals surface area contributed by atoms with Crippen LogP contribution in [0.1, 0.15) is 5.56 Å². The summed E-state index contributed by atoms with van der Waals surface area (Å²) < 4.78 is 9.90. The topological polar surface area (TPSA) is 21.6 Å². The molecule has 92 valence electrons. The Kier molecular flexibility index (Phi) is 3.02. The molecule has 1 aliphatic rings. The van der Waals surface area contributed by atoms with Gasteiger partial charge in [0.1, 0.15) is 5.75 Å². The summed E-state index contributed by atoms with van der Waals surface area (Å²) in [6.45, 7) is 0. The third-order valence-corrected chi connectivity index (χ3v) is 5.08. The van der Waals surface area contributed by atoms with Crippen molar-refractivity contribution in [3.8, 4) is 5.75 Å². The van der Waals surface area contributed by atoms with Crippen molar-refractivity contribution in [1.82, 2.24) is 0 Å². The van der Waals surface area contributed by atoms with E-state index in [1.165, 1.54) is 15.4 Å². The number of rotatable bonds is 2. The molecule has 2 aromatic carbocycles. The largest absolute Gasteiger partial charge is 0.497 e. The van der Waals surface area contributed by atoms with Gasteiger partial charge in [0.25, 0.3) is 0 Å². The van der Waals surface area contributed by atoms with Crippen LogP contribution in [-0.2, 0) is 0 Å². The van der Waals surface area contributed by atoms with E-state index in [1.807, 2.05) is 36.5 Å². The van der Waals surface area contributed by atoms with Crippen LogP contribution in [0.25, 0.3) is 0 Å². The molecular weight excluding hydrogens is 266 g/mol. The highest BCUT2D eigenvalue weighted by Gasteiger charge is 2.17. The number of benzene rings is 2. The molecule has 0 amide bonds. The van der Waals surface area contributed by atoms with E-state index in [9.17, 15) is 0 Å². The van der Waals surface area contributed by atoms with Crippen molar-refractivity contribution in [3.63, 3.8) is 0 Å². The lowest BCUT2D eigenvalue weighted by Gasteiger charge is -2.15. The SMILES string of the molecule is COc1ccc2c(c1)[SH](c1ccc(Cl)cc1)N=C2. The molecule has 2 nitrogen and oxygen atoms in total. The standard InChI is InChI=1S/C14H12ClNOS/c1-17-12-5-2-10-9-16-18(14(10)8-12)13-6-3-11(15)4-7-13/h2-9,18H,1H3. The molecule has 0 fully saturated rings. The lowest BCUT2D eigenvalue weighted by molar-refractivity contribution is 0.413. The van der Waals surface area contributed by atoms with Gasteiger partial charge in [-0.2, -0.15) is 0 Å². The minimum atomic E-state index is -0.660. The summed E-state index contributed by atoms with van der Waals surface area (Å²) in [6, 6.07) is 14.0. The predicted molar refractivity (Wildman–Crippen MR) is 77.6 cm³/mol. The van der Waals surface area contributed by atoms with Crippen molar-refractivity contribution in [3.05, 3.63) is 53.1 Å². The second-order valence-electron chi connectivity index (χ2n) is 3.96. The molecule has 0 bridgehead atoms. The minimum absolute atomic E-state index is 0.660. The number of nitrogens with zero attached hydrogens (tertiary/aromatic N) is 1. The maximum Gasteiger partial charge on any atom is 0.120 e. The summed E-state index contributed by atoms with van der Waals surface area (Å²) in [5.74, 6) is 0.876. The third-order valence-electron chi connectivity index (χ3n) is 2.85. The van der Waals surface area contributed by atoms with Gasteiger partial charge >= 0.3 is 0 Å². The van der Waals surface area contributed by atoms with E-state index >= 15 is 0 Å². The maximum absolute atomic E-state index is 5.92. The van der Waals surface area contributed by atoms with Gasteiger partial charge in [-0.1, -0.05) is 11.6 Å². The molecule has 0 saturated carbocycles. The van der Waals surface area contributed by atoms with E-state index in [1.54, 1.807) is 7.11 Å². The van der Waals surface area contributed by atoms with E-state index in [2.05, 4.69) is 16.5 Å². The van der Waals surface area contributed by atoms with E-state index in [0.29, 0.717) is 0 Å². The molecule has 4 heteroatoms. The first-order valence-corrected chi connectivity index (χ1v) is 7.23. The summed E-state index contributed by atoms with van der Waals surface area (Å²) in [5, 5.41) is 0.753. The van der Waals surface area contributed by atoms with Gasteiger partial charge in [0, 0.05) is 26.6 Å². The second-order valence-corrected chi connectivity index (χ2v) is 6.25. The molecule has 1 unspecified atom stereocenters. The van der Waals surface area contributed by atoms with Crippen LogP contribution in [0.2, 0.25) is 5.02 Å². The number of thiol groups is 1. The summed E-state index contributed by atoms with van der Waals surface area (Å²) in [6.07, 6.45) is 1.94. The summed E-state index contributed by atoms with van der Waals surface area (Å²) in [7, 11) is 1.68. The fourth-order valence-electron chi connectivity index (χ4n) is 1.91. The van der Waals surface area contributed by atoms with E-state index < -0.39 is 11.1 Å². The molecule has 1 heterocycles. The zero-order valence-corrected chi connectivity index (χ0v) is 11.4. The first-order valence-electron chi connectivity index (χ1n) is 5.55. The van der Waals surface area contributed by atoms with Gasteiger partial charge in [0.05, 0.1) is 7.11 Å². The Balaban J connectivity index is 2.03. The first-order chi connectivity index (χ1) is 8.78. The van der Waals surface area contributed by atoms with Gasteiger partial charge in [0.15, 0.2) is 0 Å². The van der Waals surface area contributed by atoms with Crippen molar-refractivity contribution < 1.29 is 4.74 Å². The minimum Gasteiger partial charge on any atom is -0.497 e. The lowest BCUT2D eigenvalue weighted by atomic mass is 10.2. The second kappa shape index (κ2) is 4.67. The molecule has 18 heavy (non-hydrogen) atoms. The van der Waals surface area contributed by atoms with Crippen molar-refractivity contribution >= 4 is 28.9 Å². The van der Waals surface area contributed by atoms with Gasteiger partial charge in [-0.3, -0.25) is 0 Å². The average Bonchev–Trinajstić information content (AvgIpc) is 2.82. The van der Waals surface area contributed by atoms with Crippen LogP contribution in [0.15, 0.2) is 56.7 Å². The maximum atomic E-state index is 5.92. The molecule has 0 radical (unpaired) electrons. The zero-order chi connectivity index (χ0) is 12.5. The van der Waals surface area contributed by atoms with Crippen LogP contribution in [0.3, 0.4) is 0 Å². The van der Waals surface area contributed by atoms with Crippen LogP contribution in [0.5, 0.6) is 5.75 Å². The molecule has 0 spiro atoms. The molecule has 0 aromatic heterocycles. The molecule has 0 N–H and O–H groups in total. The van der Waals surface area contributed by atoms with Crippen molar-refractivity contribution in [1.29, 1.82) is 0 Å². The highest BCUT2D eigenvalue weighted by Crippen LogP contribution is 2.51. The molecule has 2 aromatic rings. The number of hydrogen-bond donors (Lipinski definition) is 1. The molecule has 0 aliphatic carbocycles. The monoisotopic (exact) mass is 277 g/mol. The molecule has 3 rings (SSSR count). The van der Waals surface area contributed by atoms with Crippen LogP contribution in [-0.4, -0.2) is 13.3 Å². The average molecular weight is 278 g/mol. The van der Waals surface area contributed by atoms with E-state index in [0.717, 1.165) is 10.8 Å². The van der Waals surface area contributed by atoms with Crippen molar-refractivity contribution in [2.45, 2.75) is 9.79 Å². The smallest absolute Gasteiger partial charge is 0.120 e. The molecule has 0 saturated heterocycles. The number of hydrogen-bond acceptors (Lipinski definition) is 2. The van der Waals surface area contributed by atoms with Gasteiger partial charge < -0.3 is 4.74 Å². The van der Waals surface area contributed by atoms with Crippen LogP contribution < -0.4 is 4.74 Å². The van der Waals surface area contributed by atoms with E-state index in [-0.39, 0.29) is 0 Å². The number of fused-ring (bicyclic) bond motifs is 1. The molecule has 1 atom stereocenters. The van der Waals surface area contributed by atoms with Crippen LogP contribution in [0.4, 0.5) is 0 Å². The quantitative estimate of drug-likeness (QED) is 0.820. The summed E-state index contributed by atoms with van der Waals surface area (Å²) in [5.41, 5.74) is 1.18. The predicted octanol–water partition coefficient (Wildman–Crippen LogP) is 4.12. The Hall–Kier alpha value is -1.45. The van der Waals surface area contributed by atoms with Crippen LogP contribution in [0, 0.1) is 0 Å². The van der Waals surface area contributed by atoms with Gasteiger partial charge in [-0.15, -0.1) is 11.1 Å². The summed E-state index contributed by atoms with van der Waals surface area (Å²) >= 11 is 5.26. The van der Waals surface area contributed by atoms with Crippen LogP contribution >= 0.6 is 22.7 Å². The van der Waals surface area contributed by atoms with E-state index in [4.69, 9.17) is 16.3 Å². The number of halogens is 1. The number of ether oxygens (including phenoxy) is 1. The van der Waals surface area contributed by atoms with Gasteiger partial charge in [-0.05, 0) is 42.5 Å². The third kappa shape index (κ3) is 2.00.